The van der Waals surface area contributed by atoms with E-state index in [0.29, 0.717) is 29.7 Å². The number of nitrogens with one attached hydrogen (secondary N) is 1. The molecule has 0 aliphatic carbocycles. The molecule has 0 radical (unpaired) electrons. The second kappa shape index (κ2) is 5.60. The summed E-state index contributed by atoms with van der Waals surface area (Å²) in [6.45, 7) is 6.38. The number of nitrogens with zero attached hydrogens (tertiary/aromatic N) is 7. The summed E-state index contributed by atoms with van der Waals surface area (Å²) >= 11 is 0. The quantitative estimate of drug-likeness (QED) is 0.610. The molecule has 3 rings (SSSR count). The molecule has 1 saturated heterocycles. The minimum absolute atomic E-state index is 0.316. The summed E-state index contributed by atoms with van der Waals surface area (Å²) in [5.41, 5.74) is 2.48. The third-order valence-electron chi connectivity index (χ3n) is 3.98. The number of nitrogen functional groups attached to an aromatic ring is 1. The van der Waals surface area contributed by atoms with Gasteiger partial charge >= 0.3 is 0 Å². The topological polar surface area (TPSA) is 111 Å². The fraction of sp³-hybridized carbons (Fsp3) is 0.583. The van der Waals surface area contributed by atoms with Crippen molar-refractivity contribution in [3.63, 3.8) is 0 Å². The van der Waals surface area contributed by atoms with Crippen molar-refractivity contribution in [2.45, 2.75) is 20.3 Å². The first kappa shape index (κ1) is 13.7. The summed E-state index contributed by atoms with van der Waals surface area (Å²) in [7, 11) is 0. The second-order valence-corrected chi connectivity index (χ2v) is 5.43. The summed E-state index contributed by atoms with van der Waals surface area (Å²) in [4.78, 5) is 19.1. The maximum Gasteiger partial charge on any atom is 0.258 e. The van der Waals surface area contributed by atoms with Gasteiger partial charge in [-0.15, -0.1) is 0 Å². The molecule has 9 heteroatoms. The van der Waals surface area contributed by atoms with Gasteiger partial charge in [-0.25, -0.2) is 10.8 Å². The van der Waals surface area contributed by atoms with Crippen LogP contribution < -0.4 is 16.2 Å². The van der Waals surface area contributed by atoms with Gasteiger partial charge in [-0.05, 0) is 18.3 Å². The number of hydrazine groups is 1. The number of aromatic nitrogens is 6. The van der Waals surface area contributed by atoms with Gasteiger partial charge in [0.25, 0.3) is 5.95 Å². The van der Waals surface area contributed by atoms with Crippen LogP contribution in [0.3, 0.4) is 0 Å². The van der Waals surface area contributed by atoms with E-state index < -0.39 is 0 Å². The first-order valence-corrected chi connectivity index (χ1v) is 7.00. The van der Waals surface area contributed by atoms with Gasteiger partial charge in [-0.1, -0.05) is 13.8 Å². The van der Waals surface area contributed by atoms with Crippen LogP contribution in [-0.4, -0.2) is 42.8 Å². The van der Waals surface area contributed by atoms with E-state index in [2.05, 4.69) is 49.2 Å². The van der Waals surface area contributed by atoms with Gasteiger partial charge in [0.05, 0.1) is 0 Å². The van der Waals surface area contributed by atoms with Crippen LogP contribution in [0.1, 0.15) is 20.3 Å². The van der Waals surface area contributed by atoms with Crippen molar-refractivity contribution < 1.29 is 0 Å². The Bertz CT molecular complexity index is 597. The molecule has 0 saturated carbocycles. The summed E-state index contributed by atoms with van der Waals surface area (Å²) < 4.78 is 1.49. The molecule has 0 bridgehead atoms. The number of hydrogen-bond donors (Lipinski definition) is 2. The zero-order valence-electron chi connectivity index (χ0n) is 12.1. The van der Waals surface area contributed by atoms with Gasteiger partial charge in [-0.3, -0.25) is 5.43 Å². The molecule has 2 aromatic rings. The Morgan fingerprint density at radius 2 is 2.00 bits per heavy atom. The fourth-order valence-corrected chi connectivity index (χ4v) is 2.42. The normalized spacial score (nSPS) is 22.3. The van der Waals surface area contributed by atoms with E-state index in [1.807, 2.05) is 0 Å². The van der Waals surface area contributed by atoms with Gasteiger partial charge in [-0.2, -0.15) is 24.7 Å². The van der Waals surface area contributed by atoms with E-state index >= 15 is 0 Å². The van der Waals surface area contributed by atoms with E-state index in [-0.39, 0.29) is 0 Å². The highest BCUT2D eigenvalue weighted by atomic mass is 15.4. The van der Waals surface area contributed by atoms with Gasteiger partial charge in [0.1, 0.15) is 12.7 Å². The highest BCUT2D eigenvalue weighted by Crippen LogP contribution is 2.25. The minimum Gasteiger partial charge on any atom is -0.340 e. The van der Waals surface area contributed by atoms with Crippen molar-refractivity contribution in [1.29, 1.82) is 0 Å². The maximum atomic E-state index is 5.45. The van der Waals surface area contributed by atoms with E-state index in [1.54, 1.807) is 6.33 Å². The zero-order chi connectivity index (χ0) is 14.8. The summed E-state index contributed by atoms with van der Waals surface area (Å²) in [5, 5.41) is 4.04. The van der Waals surface area contributed by atoms with Crippen molar-refractivity contribution in [3.8, 4) is 5.95 Å². The lowest BCUT2D eigenvalue weighted by molar-refractivity contribution is 0.321. The standard InChI is InChI=1S/C12H19N9/c1-8-3-4-20(5-9(8)2)11-16-10(19-13)17-12(18-11)21-7-14-6-15-21/h6-9H,3-5,13H2,1-2H3,(H,16,17,18,19). The molecular formula is C12H19N9. The van der Waals surface area contributed by atoms with E-state index in [4.69, 9.17) is 5.84 Å². The average Bonchev–Trinajstić information content (AvgIpc) is 3.04. The Balaban J connectivity index is 1.93. The van der Waals surface area contributed by atoms with Gasteiger partial charge in [0.15, 0.2) is 0 Å². The molecule has 3 heterocycles. The highest BCUT2D eigenvalue weighted by Gasteiger charge is 2.25. The van der Waals surface area contributed by atoms with Crippen molar-refractivity contribution in [2.24, 2.45) is 17.7 Å². The van der Waals surface area contributed by atoms with Crippen LogP contribution in [0.2, 0.25) is 0 Å². The summed E-state index contributed by atoms with van der Waals surface area (Å²) in [5.74, 6) is 8.09. The smallest absolute Gasteiger partial charge is 0.258 e. The molecule has 9 nitrogen and oxygen atoms in total. The van der Waals surface area contributed by atoms with Crippen molar-refractivity contribution in [1.82, 2.24) is 29.7 Å². The average molecular weight is 289 g/mol. The predicted molar refractivity (Wildman–Crippen MR) is 77.7 cm³/mol. The third-order valence-corrected chi connectivity index (χ3v) is 3.98. The Morgan fingerprint density at radius 3 is 2.67 bits per heavy atom. The molecule has 0 amide bonds. The van der Waals surface area contributed by atoms with Crippen LogP contribution in [0, 0.1) is 11.8 Å². The Kier molecular flexibility index (Phi) is 3.65. The minimum atomic E-state index is 0.316. The van der Waals surface area contributed by atoms with Crippen LogP contribution in [0.25, 0.3) is 5.95 Å². The first-order valence-electron chi connectivity index (χ1n) is 7.00. The Hall–Kier alpha value is -2.29. The van der Waals surface area contributed by atoms with Gasteiger partial charge in [0, 0.05) is 13.1 Å². The molecule has 2 unspecified atom stereocenters. The molecule has 2 atom stereocenters. The van der Waals surface area contributed by atoms with Crippen LogP contribution in [0.15, 0.2) is 12.7 Å². The predicted octanol–water partition coefficient (Wildman–Crippen LogP) is 0.220. The third kappa shape index (κ3) is 2.77. The van der Waals surface area contributed by atoms with E-state index in [1.165, 1.54) is 11.0 Å². The summed E-state index contributed by atoms with van der Waals surface area (Å²) in [6, 6.07) is 0. The monoisotopic (exact) mass is 289 g/mol. The Labute approximate surface area is 122 Å². The lowest BCUT2D eigenvalue weighted by atomic mass is 9.89. The molecule has 2 aromatic heterocycles. The van der Waals surface area contributed by atoms with Crippen LogP contribution >= 0.6 is 0 Å². The van der Waals surface area contributed by atoms with Gasteiger partial charge in [0.2, 0.25) is 11.9 Å². The van der Waals surface area contributed by atoms with Crippen molar-refractivity contribution in [2.75, 3.05) is 23.4 Å². The van der Waals surface area contributed by atoms with Gasteiger partial charge < -0.3 is 4.90 Å². The molecule has 0 spiro atoms. The number of nitrogens with two attached hydrogens (primary N) is 1. The van der Waals surface area contributed by atoms with Crippen LogP contribution in [0.4, 0.5) is 11.9 Å². The van der Waals surface area contributed by atoms with Crippen molar-refractivity contribution in [3.05, 3.63) is 12.7 Å². The van der Waals surface area contributed by atoms with E-state index in [9.17, 15) is 0 Å². The molecule has 112 valence electrons. The number of rotatable bonds is 3. The fourth-order valence-electron chi connectivity index (χ4n) is 2.42. The number of piperidine rings is 1. The van der Waals surface area contributed by atoms with Crippen LogP contribution in [0.5, 0.6) is 0 Å². The van der Waals surface area contributed by atoms with Crippen LogP contribution in [-0.2, 0) is 0 Å². The largest absolute Gasteiger partial charge is 0.340 e. The molecule has 21 heavy (non-hydrogen) atoms. The zero-order valence-corrected chi connectivity index (χ0v) is 12.1. The number of hydrogen-bond acceptors (Lipinski definition) is 8. The number of anilines is 2. The lowest BCUT2D eigenvalue weighted by Gasteiger charge is -2.35. The Morgan fingerprint density at radius 1 is 1.19 bits per heavy atom. The molecule has 1 aliphatic heterocycles. The molecule has 0 aromatic carbocycles. The molecule has 3 N–H and O–H groups in total. The SMILES string of the molecule is CC1CCN(c2nc(NN)nc(-n3cncn3)n2)CC1C. The first-order chi connectivity index (χ1) is 10.2. The van der Waals surface area contributed by atoms with Crippen molar-refractivity contribution >= 4 is 11.9 Å². The summed E-state index contributed by atoms with van der Waals surface area (Å²) in [6.07, 6.45) is 4.10. The highest BCUT2D eigenvalue weighted by molar-refractivity contribution is 5.39. The van der Waals surface area contributed by atoms with E-state index in [0.717, 1.165) is 19.5 Å². The molecule has 1 fully saturated rings. The maximum absolute atomic E-state index is 5.45. The molecule has 1 aliphatic rings. The lowest BCUT2D eigenvalue weighted by Crippen LogP contribution is -2.39. The molecular weight excluding hydrogens is 270 g/mol. The second-order valence-electron chi connectivity index (χ2n) is 5.43.